The van der Waals surface area contributed by atoms with Crippen LogP contribution >= 0.6 is 0 Å². The Kier molecular flexibility index (Phi) is 4.98. The topological polar surface area (TPSA) is 66.9 Å². The molecule has 4 aromatic carbocycles. The van der Waals surface area contributed by atoms with Gasteiger partial charge in [0, 0.05) is 16.6 Å². The molecule has 3 heterocycles. The number of para-hydroxylation sites is 1. The molecule has 4 atom stereocenters. The molecule has 0 aromatic heterocycles. The minimum Gasteiger partial charge on any atom is -0.497 e. The second kappa shape index (κ2) is 8.42. The molecule has 0 radical (unpaired) electrons. The van der Waals surface area contributed by atoms with Crippen LogP contribution in [0.3, 0.4) is 0 Å². The lowest BCUT2D eigenvalue weighted by Crippen LogP contribution is -2.48. The number of methoxy groups -OCH3 is 1. The molecule has 0 N–H and O–H groups in total. The molecule has 2 amide bonds. The van der Waals surface area contributed by atoms with Gasteiger partial charge in [-0.3, -0.25) is 14.4 Å². The van der Waals surface area contributed by atoms with Crippen molar-refractivity contribution in [3.63, 3.8) is 0 Å². The van der Waals surface area contributed by atoms with Crippen LogP contribution < -0.4 is 14.5 Å². The van der Waals surface area contributed by atoms with Gasteiger partial charge in [0.25, 0.3) is 0 Å². The van der Waals surface area contributed by atoms with Gasteiger partial charge in [0.2, 0.25) is 11.8 Å². The number of anilines is 2. The van der Waals surface area contributed by atoms with Crippen LogP contribution in [-0.4, -0.2) is 36.8 Å². The Morgan fingerprint density at radius 3 is 2.26 bits per heavy atom. The zero-order chi connectivity index (χ0) is 26.0. The molecular formula is C32H24N2O4. The third kappa shape index (κ3) is 3.10. The molecule has 0 unspecified atom stereocenters. The van der Waals surface area contributed by atoms with E-state index >= 15 is 0 Å². The van der Waals surface area contributed by atoms with E-state index in [1.54, 1.807) is 31.4 Å². The summed E-state index contributed by atoms with van der Waals surface area (Å²) in [6.45, 7) is 0. The number of imide groups is 1. The molecule has 0 spiro atoms. The fourth-order valence-electron chi connectivity index (χ4n) is 6.38. The molecule has 186 valence electrons. The highest BCUT2D eigenvalue weighted by Crippen LogP contribution is 2.50. The van der Waals surface area contributed by atoms with Crippen LogP contribution in [0.2, 0.25) is 0 Å². The highest BCUT2D eigenvalue weighted by atomic mass is 16.5. The van der Waals surface area contributed by atoms with Crippen molar-refractivity contribution in [2.24, 2.45) is 11.8 Å². The van der Waals surface area contributed by atoms with E-state index in [2.05, 4.69) is 0 Å². The van der Waals surface area contributed by atoms with Crippen molar-refractivity contribution in [2.45, 2.75) is 12.1 Å². The van der Waals surface area contributed by atoms with Crippen LogP contribution in [0.1, 0.15) is 15.9 Å². The number of nitrogens with zero attached hydrogens (tertiary/aromatic N) is 2. The molecular weight excluding hydrogens is 476 g/mol. The first-order valence-electron chi connectivity index (χ1n) is 12.7. The summed E-state index contributed by atoms with van der Waals surface area (Å²) in [5.41, 5.74) is 2.86. The lowest BCUT2D eigenvalue weighted by molar-refractivity contribution is -0.122. The Bertz CT molecular complexity index is 1650. The molecule has 0 saturated carbocycles. The zero-order valence-corrected chi connectivity index (χ0v) is 20.7. The molecule has 3 aliphatic heterocycles. The lowest BCUT2D eigenvalue weighted by atomic mass is 9.86. The van der Waals surface area contributed by atoms with Gasteiger partial charge in [0.05, 0.1) is 30.7 Å². The smallest absolute Gasteiger partial charge is 0.240 e. The highest BCUT2D eigenvalue weighted by Gasteiger charge is 2.64. The van der Waals surface area contributed by atoms with Crippen molar-refractivity contribution in [1.82, 2.24) is 0 Å². The first-order valence-corrected chi connectivity index (χ1v) is 12.7. The Balaban J connectivity index is 1.38. The van der Waals surface area contributed by atoms with Crippen LogP contribution in [0.5, 0.6) is 5.75 Å². The SMILES string of the molecule is COc1ccc(C(=O)[C@@H]2[C@@H]3C(=O)N(c4cccc5ccccc45)C(=O)[C@@H]3[C@H]3C=Cc4ccccc4N32)cc1. The second-order valence-corrected chi connectivity index (χ2v) is 9.92. The average Bonchev–Trinajstić information content (AvgIpc) is 3.44. The minimum atomic E-state index is -0.819. The van der Waals surface area contributed by atoms with Gasteiger partial charge in [0.15, 0.2) is 5.78 Å². The molecule has 6 nitrogen and oxygen atoms in total. The fraction of sp³-hybridized carbons (Fsp3) is 0.156. The van der Waals surface area contributed by atoms with Crippen LogP contribution in [0.25, 0.3) is 16.8 Å². The van der Waals surface area contributed by atoms with Gasteiger partial charge in [-0.05, 0) is 47.3 Å². The lowest BCUT2D eigenvalue weighted by Gasteiger charge is -2.36. The van der Waals surface area contributed by atoms with Crippen LogP contribution in [0.15, 0.2) is 97.1 Å². The van der Waals surface area contributed by atoms with Gasteiger partial charge >= 0.3 is 0 Å². The average molecular weight is 501 g/mol. The normalized spacial score (nSPS) is 23.4. The summed E-state index contributed by atoms with van der Waals surface area (Å²) in [6.07, 6.45) is 3.96. The van der Waals surface area contributed by atoms with Crippen molar-refractivity contribution in [1.29, 1.82) is 0 Å². The van der Waals surface area contributed by atoms with Crippen molar-refractivity contribution >= 4 is 45.8 Å². The van der Waals surface area contributed by atoms with Gasteiger partial charge < -0.3 is 9.64 Å². The Morgan fingerprint density at radius 1 is 0.763 bits per heavy atom. The van der Waals surface area contributed by atoms with E-state index < -0.39 is 23.9 Å². The fourth-order valence-corrected chi connectivity index (χ4v) is 6.38. The van der Waals surface area contributed by atoms with Gasteiger partial charge in [-0.1, -0.05) is 66.7 Å². The van der Waals surface area contributed by atoms with Crippen LogP contribution in [-0.2, 0) is 9.59 Å². The van der Waals surface area contributed by atoms with E-state index in [9.17, 15) is 14.4 Å². The summed E-state index contributed by atoms with van der Waals surface area (Å²) >= 11 is 0. The number of carbonyl (C=O) groups is 3. The maximum absolute atomic E-state index is 14.2. The number of hydrogen-bond donors (Lipinski definition) is 0. The second-order valence-electron chi connectivity index (χ2n) is 9.92. The summed E-state index contributed by atoms with van der Waals surface area (Å²) in [5.74, 6) is -1.61. The highest BCUT2D eigenvalue weighted by molar-refractivity contribution is 6.27. The molecule has 0 bridgehead atoms. The first-order chi connectivity index (χ1) is 18.6. The summed E-state index contributed by atoms with van der Waals surface area (Å²) in [5, 5.41) is 1.78. The van der Waals surface area contributed by atoms with E-state index in [0.717, 1.165) is 22.0 Å². The number of hydrogen-bond acceptors (Lipinski definition) is 5. The van der Waals surface area contributed by atoms with E-state index in [0.29, 0.717) is 17.0 Å². The Hall–Kier alpha value is -4.71. The van der Waals surface area contributed by atoms with Crippen molar-refractivity contribution in [3.05, 3.63) is 108 Å². The maximum Gasteiger partial charge on any atom is 0.240 e. The third-order valence-electron chi connectivity index (χ3n) is 8.07. The third-order valence-corrected chi connectivity index (χ3v) is 8.07. The molecule has 6 heteroatoms. The summed E-state index contributed by atoms with van der Waals surface area (Å²) in [7, 11) is 1.57. The largest absolute Gasteiger partial charge is 0.497 e. The number of ether oxygens (including phenoxy) is 1. The van der Waals surface area contributed by atoms with Crippen LogP contribution in [0.4, 0.5) is 11.4 Å². The van der Waals surface area contributed by atoms with Gasteiger partial charge in [-0.25, -0.2) is 4.90 Å². The molecule has 38 heavy (non-hydrogen) atoms. The van der Waals surface area contributed by atoms with E-state index in [4.69, 9.17) is 4.74 Å². The van der Waals surface area contributed by atoms with Gasteiger partial charge in [-0.2, -0.15) is 0 Å². The predicted octanol–water partition coefficient (Wildman–Crippen LogP) is 5.12. The zero-order valence-electron chi connectivity index (χ0n) is 20.7. The van der Waals surface area contributed by atoms with E-state index in [1.165, 1.54) is 4.90 Å². The van der Waals surface area contributed by atoms with Gasteiger partial charge in [0.1, 0.15) is 11.8 Å². The maximum atomic E-state index is 14.2. The Labute approximate surface area is 219 Å². The minimum absolute atomic E-state index is 0.184. The molecule has 2 fully saturated rings. The summed E-state index contributed by atoms with van der Waals surface area (Å²) < 4.78 is 5.27. The number of rotatable bonds is 4. The summed E-state index contributed by atoms with van der Waals surface area (Å²) in [6, 6.07) is 26.8. The molecule has 2 saturated heterocycles. The number of Topliss-reactive ketones (excluding diaryl/α,β-unsaturated/α-hetero) is 1. The molecule has 0 aliphatic carbocycles. The molecule has 3 aliphatic rings. The number of fused-ring (bicyclic) bond motifs is 6. The monoisotopic (exact) mass is 500 g/mol. The number of ketones is 1. The van der Waals surface area contributed by atoms with Crippen molar-refractivity contribution in [2.75, 3.05) is 16.9 Å². The quantitative estimate of drug-likeness (QED) is 0.287. The van der Waals surface area contributed by atoms with Crippen molar-refractivity contribution in [3.8, 4) is 5.75 Å². The van der Waals surface area contributed by atoms with Crippen LogP contribution in [0, 0.1) is 11.8 Å². The number of benzene rings is 4. The number of carbonyl (C=O) groups excluding carboxylic acids is 3. The molecule has 7 rings (SSSR count). The summed E-state index contributed by atoms with van der Waals surface area (Å²) in [4.78, 5) is 45.8. The number of amides is 2. The van der Waals surface area contributed by atoms with Gasteiger partial charge in [-0.15, -0.1) is 0 Å². The van der Waals surface area contributed by atoms with E-state index in [-0.39, 0.29) is 17.6 Å². The molecule has 4 aromatic rings. The van der Waals surface area contributed by atoms with E-state index in [1.807, 2.05) is 83.8 Å². The van der Waals surface area contributed by atoms with Crippen molar-refractivity contribution < 1.29 is 19.1 Å². The Morgan fingerprint density at radius 2 is 1.45 bits per heavy atom. The standard InChI is InChI=1S/C32H24N2O4/c1-38-22-16-13-21(14-17-22)30(35)29-28-27(26-18-15-20-8-3-5-11-24(20)33(26)29)31(36)34(32(28)37)25-12-6-9-19-7-2-4-10-23(19)25/h2-18,26-29H,1H3/t26-,27-,28-,29+/m1/s1. The first kappa shape index (κ1) is 22.5. The predicted molar refractivity (Wildman–Crippen MR) is 146 cm³/mol.